The van der Waals surface area contributed by atoms with Crippen molar-refractivity contribution in [3.05, 3.63) is 95.3 Å². The fourth-order valence-electron chi connectivity index (χ4n) is 3.84. The topological polar surface area (TPSA) is 77.8 Å². The molecule has 3 rings (SSSR count). The number of aliphatic hydroxyl groups excluding tert-OH is 1. The first-order valence-corrected chi connectivity index (χ1v) is 11.5. The first-order valence-electron chi connectivity index (χ1n) is 11.5. The molecule has 0 aromatic heterocycles. The number of nitrogens with zero attached hydrogens (tertiary/aromatic N) is 1. The summed E-state index contributed by atoms with van der Waals surface area (Å²) < 4.78 is 13.1. The Balaban J connectivity index is 1.74. The van der Waals surface area contributed by atoms with Crippen molar-refractivity contribution in [1.29, 1.82) is 0 Å². The van der Waals surface area contributed by atoms with Crippen LogP contribution < -0.4 is 0 Å². The van der Waals surface area contributed by atoms with Gasteiger partial charge in [-0.15, -0.1) is 0 Å². The lowest BCUT2D eigenvalue weighted by Gasteiger charge is -2.28. The highest BCUT2D eigenvalue weighted by atomic mass is 19.1. The number of carboxylic acids is 1. The first-order chi connectivity index (χ1) is 16.4. The van der Waals surface area contributed by atoms with Crippen molar-refractivity contribution in [2.75, 3.05) is 0 Å². The number of halogens is 1. The van der Waals surface area contributed by atoms with E-state index in [0.29, 0.717) is 24.8 Å². The molecule has 1 atom stereocenters. The van der Waals surface area contributed by atoms with Gasteiger partial charge in [0.15, 0.2) is 0 Å². The average Bonchev–Trinajstić information content (AvgIpc) is 2.85. The Morgan fingerprint density at radius 2 is 1.59 bits per heavy atom. The van der Waals surface area contributed by atoms with Gasteiger partial charge in [-0.1, -0.05) is 67.9 Å². The number of rotatable bonds is 11. The average molecular weight is 464 g/mol. The second kappa shape index (κ2) is 12.1. The third-order valence-electron chi connectivity index (χ3n) is 5.80. The summed E-state index contributed by atoms with van der Waals surface area (Å²) in [6.45, 7) is 2.25. The summed E-state index contributed by atoms with van der Waals surface area (Å²) >= 11 is 0. The third kappa shape index (κ3) is 6.75. The lowest BCUT2D eigenvalue weighted by molar-refractivity contribution is -0.143. The normalized spacial score (nSPS) is 11.7. The second-order valence-electron chi connectivity index (χ2n) is 8.32. The number of unbranched alkanes of at least 4 members (excludes halogenated alkanes) is 1. The highest BCUT2D eigenvalue weighted by Gasteiger charge is 2.22. The van der Waals surface area contributed by atoms with Crippen LogP contribution in [0.1, 0.15) is 54.1 Å². The Labute approximate surface area is 199 Å². The predicted octanol–water partition coefficient (Wildman–Crippen LogP) is 5.66. The van der Waals surface area contributed by atoms with E-state index in [0.717, 1.165) is 29.5 Å². The minimum atomic E-state index is -0.989. The van der Waals surface area contributed by atoms with Crippen molar-refractivity contribution in [1.82, 2.24) is 4.90 Å². The van der Waals surface area contributed by atoms with Crippen LogP contribution in [-0.2, 0) is 17.8 Å². The molecular weight excluding hydrogens is 433 g/mol. The Hall–Kier alpha value is -3.51. The van der Waals surface area contributed by atoms with Gasteiger partial charge < -0.3 is 15.1 Å². The van der Waals surface area contributed by atoms with Gasteiger partial charge in [0.05, 0.1) is 5.56 Å². The minimum Gasteiger partial charge on any atom is -0.478 e. The number of carboxylic acid groups (broad SMARTS) is 1. The summed E-state index contributed by atoms with van der Waals surface area (Å²) in [6, 6.07) is 20.3. The molecule has 5 nitrogen and oxygen atoms in total. The standard InChI is InChI=1S/C28H30FNO4/c1-2-3-8-26(31)30(27(32)18-13-20-11-16-23(29)17-12-20)19-21-9-14-22(15-10-21)24-6-4-5-7-25(24)28(33)34/h4-7,9-12,14-17,27,32H,2-3,8,13,18-19H2,1H3,(H,33,34). The van der Waals surface area contributed by atoms with Crippen molar-refractivity contribution in [3.63, 3.8) is 0 Å². The van der Waals surface area contributed by atoms with E-state index in [-0.39, 0.29) is 23.8 Å². The number of hydrogen-bond acceptors (Lipinski definition) is 3. The van der Waals surface area contributed by atoms with Crippen molar-refractivity contribution >= 4 is 11.9 Å². The highest BCUT2D eigenvalue weighted by Crippen LogP contribution is 2.25. The zero-order valence-corrected chi connectivity index (χ0v) is 19.3. The smallest absolute Gasteiger partial charge is 0.336 e. The zero-order chi connectivity index (χ0) is 24.5. The molecule has 34 heavy (non-hydrogen) atoms. The number of carbonyl (C=O) groups is 2. The molecule has 0 spiro atoms. The Kier molecular flexibility index (Phi) is 8.93. The summed E-state index contributed by atoms with van der Waals surface area (Å²) in [4.78, 5) is 25.9. The van der Waals surface area contributed by atoms with E-state index in [4.69, 9.17) is 0 Å². The number of carbonyl (C=O) groups excluding carboxylic acids is 1. The van der Waals surface area contributed by atoms with E-state index < -0.39 is 12.2 Å². The molecule has 178 valence electrons. The summed E-state index contributed by atoms with van der Waals surface area (Å²) in [5, 5.41) is 20.3. The van der Waals surface area contributed by atoms with E-state index in [2.05, 4.69) is 0 Å². The molecule has 1 unspecified atom stereocenters. The Morgan fingerprint density at radius 3 is 2.24 bits per heavy atom. The monoisotopic (exact) mass is 463 g/mol. The van der Waals surface area contributed by atoms with Gasteiger partial charge in [-0.25, -0.2) is 9.18 Å². The van der Waals surface area contributed by atoms with Crippen LogP contribution in [0, 0.1) is 5.82 Å². The number of amides is 1. The van der Waals surface area contributed by atoms with Crippen LogP contribution in [0.2, 0.25) is 0 Å². The zero-order valence-electron chi connectivity index (χ0n) is 19.3. The molecule has 2 N–H and O–H groups in total. The van der Waals surface area contributed by atoms with Crippen molar-refractivity contribution in [3.8, 4) is 11.1 Å². The largest absolute Gasteiger partial charge is 0.478 e. The quantitative estimate of drug-likeness (QED) is 0.360. The molecule has 1 amide bonds. The summed E-state index contributed by atoms with van der Waals surface area (Å²) in [5.74, 6) is -1.42. The fraction of sp³-hybridized carbons (Fsp3) is 0.286. The molecule has 3 aromatic rings. The SMILES string of the molecule is CCCCC(=O)N(Cc1ccc(-c2ccccc2C(=O)O)cc1)C(O)CCc1ccc(F)cc1. The van der Waals surface area contributed by atoms with E-state index in [1.54, 1.807) is 36.4 Å². The molecule has 0 aliphatic carbocycles. The Bertz CT molecular complexity index is 1100. The summed E-state index contributed by atoms with van der Waals surface area (Å²) in [5.41, 5.74) is 3.34. The molecule has 0 fully saturated rings. The van der Waals surface area contributed by atoms with Crippen molar-refractivity contribution < 1.29 is 24.2 Å². The molecule has 0 heterocycles. The van der Waals surface area contributed by atoms with Gasteiger partial charge in [0, 0.05) is 13.0 Å². The van der Waals surface area contributed by atoms with Crippen LogP contribution in [0.5, 0.6) is 0 Å². The number of aryl methyl sites for hydroxylation is 1. The maximum Gasteiger partial charge on any atom is 0.336 e. The Morgan fingerprint density at radius 1 is 0.941 bits per heavy atom. The lowest BCUT2D eigenvalue weighted by Crippen LogP contribution is -2.40. The molecular formula is C28H30FNO4. The molecule has 3 aromatic carbocycles. The van der Waals surface area contributed by atoms with E-state index in [1.165, 1.54) is 17.0 Å². The van der Waals surface area contributed by atoms with Crippen LogP contribution >= 0.6 is 0 Å². The number of aliphatic hydroxyl groups is 1. The summed E-state index contributed by atoms with van der Waals surface area (Å²) in [7, 11) is 0. The van der Waals surface area contributed by atoms with Gasteiger partial charge in [0.25, 0.3) is 0 Å². The maximum atomic E-state index is 13.1. The number of benzene rings is 3. The van der Waals surface area contributed by atoms with Crippen molar-refractivity contribution in [2.45, 2.75) is 51.8 Å². The second-order valence-corrected chi connectivity index (χ2v) is 8.32. The van der Waals surface area contributed by atoms with E-state index >= 15 is 0 Å². The van der Waals surface area contributed by atoms with Crippen LogP contribution in [0.25, 0.3) is 11.1 Å². The van der Waals surface area contributed by atoms with Gasteiger partial charge in [0.2, 0.25) is 5.91 Å². The number of aromatic carboxylic acids is 1. The van der Waals surface area contributed by atoms with Gasteiger partial charge in [-0.2, -0.15) is 0 Å². The highest BCUT2D eigenvalue weighted by molar-refractivity contribution is 5.96. The third-order valence-corrected chi connectivity index (χ3v) is 5.80. The van der Waals surface area contributed by atoms with Gasteiger partial charge >= 0.3 is 5.97 Å². The van der Waals surface area contributed by atoms with Gasteiger partial charge in [-0.3, -0.25) is 4.79 Å². The van der Waals surface area contributed by atoms with Gasteiger partial charge in [0.1, 0.15) is 12.0 Å². The van der Waals surface area contributed by atoms with Crippen molar-refractivity contribution in [2.24, 2.45) is 0 Å². The van der Waals surface area contributed by atoms with Gasteiger partial charge in [-0.05, 0) is 59.7 Å². The minimum absolute atomic E-state index is 0.117. The predicted molar refractivity (Wildman–Crippen MR) is 130 cm³/mol. The van der Waals surface area contributed by atoms with E-state index in [9.17, 15) is 24.2 Å². The molecule has 0 bridgehead atoms. The van der Waals surface area contributed by atoms with Crippen LogP contribution in [0.3, 0.4) is 0 Å². The molecule has 0 saturated carbocycles. The van der Waals surface area contributed by atoms with Crippen LogP contribution in [0.15, 0.2) is 72.8 Å². The van der Waals surface area contributed by atoms with Crippen LogP contribution in [-0.4, -0.2) is 33.2 Å². The van der Waals surface area contributed by atoms with E-state index in [1.807, 2.05) is 31.2 Å². The first kappa shape index (κ1) is 25.1. The molecule has 6 heteroatoms. The maximum absolute atomic E-state index is 13.1. The number of hydrogen-bond donors (Lipinski definition) is 2. The lowest BCUT2D eigenvalue weighted by atomic mass is 9.98. The van der Waals surface area contributed by atoms with Crippen LogP contribution in [0.4, 0.5) is 4.39 Å². The summed E-state index contributed by atoms with van der Waals surface area (Å²) in [6.07, 6.45) is 1.86. The fourth-order valence-corrected chi connectivity index (χ4v) is 3.84. The molecule has 0 radical (unpaired) electrons. The molecule has 0 aliphatic rings. The molecule has 0 aliphatic heterocycles. The molecule has 0 saturated heterocycles.